The van der Waals surface area contributed by atoms with Gasteiger partial charge in [0.1, 0.15) is 11.6 Å². The highest BCUT2D eigenvalue weighted by atomic mass is 19.1. The number of imidazole rings is 1. The Morgan fingerprint density at radius 3 is 2.69 bits per heavy atom. The highest BCUT2D eigenvalue weighted by Crippen LogP contribution is 2.16. The predicted molar refractivity (Wildman–Crippen MR) is 96.5 cm³/mol. The number of hydrogen-bond acceptors (Lipinski definition) is 3. The third-order valence-electron chi connectivity index (χ3n) is 3.98. The van der Waals surface area contributed by atoms with Gasteiger partial charge in [-0.1, -0.05) is 25.1 Å². The summed E-state index contributed by atoms with van der Waals surface area (Å²) in [6.07, 6.45) is 5.15. The number of halogens is 1. The summed E-state index contributed by atoms with van der Waals surface area (Å²) in [5.74, 6) is -0.0876. The maximum absolute atomic E-state index is 13.0. The van der Waals surface area contributed by atoms with Gasteiger partial charge in [-0.25, -0.2) is 9.37 Å². The Labute approximate surface area is 151 Å². The Hall–Kier alpha value is -3.15. The van der Waals surface area contributed by atoms with Crippen LogP contribution in [0.25, 0.3) is 5.69 Å². The van der Waals surface area contributed by atoms with Crippen LogP contribution in [0.1, 0.15) is 18.9 Å². The van der Waals surface area contributed by atoms with Gasteiger partial charge in [-0.2, -0.15) is 0 Å². The number of amides is 1. The molecule has 1 atom stereocenters. The van der Waals surface area contributed by atoms with Crippen molar-refractivity contribution in [1.29, 1.82) is 0 Å². The molecule has 0 bridgehead atoms. The number of aromatic nitrogens is 2. The monoisotopic (exact) mass is 353 g/mol. The van der Waals surface area contributed by atoms with Gasteiger partial charge in [0, 0.05) is 18.9 Å². The van der Waals surface area contributed by atoms with Crippen molar-refractivity contribution in [2.45, 2.75) is 26.0 Å². The number of benzene rings is 2. The van der Waals surface area contributed by atoms with Crippen LogP contribution < -0.4 is 10.1 Å². The van der Waals surface area contributed by atoms with E-state index in [1.165, 1.54) is 24.3 Å². The van der Waals surface area contributed by atoms with Crippen molar-refractivity contribution in [2.75, 3.05) is 0 Å². The zero-order valence-corrected chi connectivity index (χ0v) is 14.4. The molecule has 3 aromatic rings. The van der Waals surface area contributed by atoms with Crippen LogP contribution >= 0.6 is 0 Å². The number of rotatable bonds is 7. The van der Waals surface area contributed by atoms with Gasteiger partial charge in [-0.15, -0.1) is 0 Å². The lowest BCUT2D eigenvalue weighted by Gasteiger charge is -2.18. The molecule has 1 N–H and O–H groups in total. The number of carbonyl (C=O) groups excluding carboxylic acids is 1. The summed E-state index contributed by atoms with van der Waals surface area (Å²) in [4.78, 5) is 16.5. The van der Waals surface area contributed by atoms with Crippen molar-refractivity contribution in [2.24, 2.45) is 0 Å². The van der Waals surface area contributed by atoms with E-state index < -0.39 is 6.10 Å². The van der Waals surface area contributed by atoms with E-state index in [1.54, 1.807) is 12.5 Å². The normalized spacial score (nSPS) is 11.8. The van der Waals surface area contributed by atoms with Crippen LogP contribution in [0, 0.1) is 5.82 Å². The average molecular weight is 353 g/mol. The lowest BCUT2D eigenvalue weighted by Crippen LogP contribution is -2.37. The fraction of sp³-hybridized carbons (Fsp3) is 0.200. The van der Waals surface area contributed by atoms with E-state index in [1.807, 2.05) is 42.0 Å². The van der Waals surface area contributed by atoms with Crippen molar-refractivity contribution in [3.63, 3.8) is 0 Å². The first kappa shape index (κ1) is 17.7. The van der Waals surface area contributed by atoms with Crippen LogP contribution in [0.15, 0.2) is 67.3 Å². The smallest absolute Gasteiger partial charge is 0.261 e. The van der Waals surface area contributed by atoms with Gasteiger partial charge >= 0.3 is 0 Å². The third-order valence-corrected chi connectivity index (χ3v) is 3.98. The van der Waals surface area contributed by atoms with Gasteiger partial charge < -0.3 is 14.6 Å². The minimum Gasteiger partial charge on any atom is -0.481 e. The van der Waals surface area contributed by atoms with Gasteiger partial charge in [-0.3, -0.25) is 4.79 Å². The predicted octanol–water partition coefficient (Wildman–Crippen LogP) is 3.49. The molecule has 0 radical (unpaired) electrons. The third kappa shape index (κ3) is 4.27. The number of carbonyl (C=O) groups is 1. The highest BCUT2D eigenvalue weighted by molar-refractivity contribution is 5.81. The fourth-order valence-electron chi connectivity index (χ4n) is 2.61. The maximum atomic E-state index is 13.0. The lowest BCUT2D eigenvalue weighted by atomic mass is 10.1. The Morgan fingerprint density at radius 2 is 2.00 bits per heavy atom. The molecule has 0 fully saturated rings. The van der Waals surface area contributed by atoms with E-state index in [2.05, 4.69) is 10.3 Å². The maximum Gasteiger partial charge on any atom is 0.261 e. The van der Waals surface area contributed by atoms with E-state index >= 15 is 0 Å². The number of hydrogen-bond donors (Lipinski definition) is 1. The summed E-state index contributed by atoms with van der Waals surface area (Å²) < 4.78 is 20.6. The summed E-state index contributed by atoms with van der Waals surface area (Å²) in [5.41, 5.74) is 1.92. The van der Waals surface area contributed by atoms with E-state index in [-0.39, 0.29) is 11.7 Å². The average Bonchev–Trinajstić information content (AvgIpc) is 3.20. The van der Waals surface area contributed by atoms with Crippen molar-refractivity contribution in [3.05, 3.63) is 78.6 Å². The van der Waals surface area contributed by atoms with Crippen molar-refractivity contribution >= 4 is 5.91 Å². The van der Waals surface area contributed by atoms with Crippen LogP contribution in [0.2, 0.25) is 0 Å². The van der Waals surface area contributed by atoms with Gasteiger partial charge in [0.15, 0.2) is 6.10 Å². The van der Waals surface area contributed by atoms with Crippen molar-refractivity contribution in [3.8, 4) is 11.4 Å². The molecule has 5 nitrogen and oxygen atoms in total. The molecule has 0 aliphatic rings. The Morgan fingerprint density at radius 1 is 1.23 bits per heavy atom. The van der Waals surface area contributed by atoms with Crippen LogP contribution in [-0.4, -0.2) is 21.6 Å². The molecule has 2 aromatic carbocycles. The van der Waals surface area contributed by atoms with Gasteiger partial charge in [0.25, 0.3) is 5.91 Å². The highest BCUT2D eigenvalue weighted by Gasteiger charge is 2.18. The first-order valence-corrected chi connectivity index (χ1v) is 8.43. The van der Waals surface area contributed by atoms with Crippen molar-refractivity contribution in [1.82, 2.24) is 14.9 Å². The molecule has 0 saturated heterocycles. The van der Waals surface area contributed by atoms with E-state index in [0.717, 1.165) is 11.3 Å². The SMILES string of the molecule is CC[C@@H](Oc1ccc(F)cc1)C(=O)NCc1ccccc1-n1ccnc1. The zero-order valence-electron chi connectivity index (χ0n) is 14.4. The van der Waals surface area contributed by atoms with Gasteiger partial charge in [0.2, 0.25) is 0 Å². The molecule has 1 amide bonds. The van der Waals surface area contributed by atoms with Crippen LogP contribution in [-0.2, 0) is 11.3 Å². The molecule has 0 saturated carbocycles. The van der Waals surface area contributed by atoms with Crippen molar-refractivity contribution < 1.29 is 13.9 Å². The quantitative estimate of drug-likeness (QED) is 0.707. The molecule has 26 heavy (non-hydrogen) atoms. The van der Waals surface area contributed by atoms with E-state index in [9.17, 15) is 9.18 Å². The molecule has 1 aromatic heterocycles. The number of nitrogens with one attached hydrogen (secondary N) is 1. The Bertz CT molecular complexity index is 848. The largest absolute Gasteiger partial charge is 0.481 e. The van der Waals surface area contributed by atoms with E-state index in [0.29, 0.717) is 18.7 Å². The number of nitrogens with zero attached hydrogens (tertiary/aromatic N) is 2. The van der Waals surface area contributed by atoms with Crippen LogP contribution in [0.4, 0.5) is 4.39 Å². The first-order chi connectivity index (χ1) is 12.7. The molecule has 0 aliphatic heterocycles. The van der Waals surface area contributed by atoms with E-state index in [4.69, 9.17) is 4.74 Å². The second-order valence-electron chi connectivity index (χ2n) is 5.79. The molecular formula is C20H20FN3O2. The molecule has 1 heterocycles. The molecule has 3 rings (SSSR count). The summed E-state index contributed by atoms with van der Waals surface area (Å²) in [7, 11) is 0. The van der Waals surface area contributed by atoms with Gasteiger partial charge in [0.05, 0.1) is 12.0 Å². The summed E-state index contributed by atoms with van der Waals surface area (Å²) >= 11 is 0. The molecule has 6 heteroatoms. The number of ether oxygens (including phenoxy) is 1. The molecule has 134 valence electrons. The fourth-order valence-corrected chi connectivity index (χ4v) is 2.61. The lowest BCUT2D eigenvalue weighted by molar-refractivity contribution is -0.128. The summed E-state index contributed by atoms with van der Waals surface area (Å²) in [6.45, 7) is 2.24. The Kier molecular flexibility index (Phi) is 5.63. The minimum atomic E-state index is -0.638. The number of para-hydroxylation sites is 1. The second-order valence-corrected chi connectivity index (χ2v) is 5.79. The summed E-state index contributed by atoms with van der Waals surface area (Å²) in [6, 6.07) is 13.4. The van der Waals surface area contributed by atoms with Gasteiger partial charge in [-0.05, 0) is 42.3 Å². The minimum absolute atomic E-state index is 0.211. The molecule has 0 aliphatic carbocycles. The standard InChI is InChI=1S/C20H20FN3O2/c1-2-19(26-17-9-7-16(21)8-10-17)20(25)23-13-15-5-3-4-6-18(15)24-12-11-22-14-24/h3-12,14,19H,2,13H2,1H3,(H,23,25)/t19-/m1/s1. The van der Waals surface area contributed by atoms with Crippen LogP contribution in [0.5, 0.6) is 5.75 Å². The Balaban J connectivity index is 1.65. The topological polar surface area (TPSA) is 56.1 Å². The first-order valence-electron chi connectivity index (χ1n) is 8.43. The zero-order chi connectivity index (χ0) is 18.4. The van der Waals surface area contributed by atoms with Crippen LogP contribution in [0.3, 0.4) is 0 Å². The molecular weight excluding hydrogens is 333 g/mol. The second kappa shape index (κ2) is 8.29. The summed E-state index contributed by atoms with van der Waals surface area (Å²) in [5, 5.41) is 2.91. The molecule has 0 spiro atoms. The molecule has 0 unspecified atom stereocenters.